The normalized spacial score (nSPS) is 23.8. The highest BCUT2D eigenvalue weighted by Crippen LogP contribution is 2.62. The summed E-state index contributed by atoms with van der Waals surface area (Å²) < 4.78 is 0. The molecule has 1 aromatic rings. The number of hydrogen-bond donors (Lipinski definition) is 0. The van der Waals surface area contributed by atoms with Crippen LogP contribution in [0.25, 0.3) is 0 Å². The molecule has 3 aliphatic rings. The SMILES string of the molecule is CN(CCc1ccccn1)C(C1CCCC1)P(C1CCCCC1)C1CCCCC1. The van der Waals surface area contributed by atoms with Gasteiger partial charge in [0.1, 0.15) is 0 Å². The summed E-state index contributed by atoms with van der Waals surface area (Å²) >= 11 is 0. The van der Waals surface area contributed by atoms with Gasteiger partial charge in [-0.05, 0) is 74.9 Å². The molecule has 0 aromatic carbocycles. The van der Waals surface area contributed by atoms with E-state index in [9.17, 15) is 0 Å². The van der Waals surface area contributed by atoms with Gasteiger partial charge in [-0.25, -0.2) is 0 Å². The molecule has 29 heavy (non-hydrogen) atoms. The highest BCUT2D eigenvalue weighted by molar-refractivity contribution is 7.59. The number of hydrogen-bond acceptors (Lipinski definition) is 2. The molecule has 1 unspecified atom stereocenters. The van der Waals surface area contributed by atoms with Crippen LogP contribution >= 0.6 is 7.92 Å². The quantitative estimate of drug-likeness (QED) is 0.417. The van der Waals surface area contributed by atoms with Crippen LogP contribution in [0.1, 0.15) is 95.6 Å². The molecular weight excluding hydrogens is 371 g/mol. The Labute approximate surface area is 181 Å². The molecule has 0 N–H and O–H groups in total. The molecule has 2 nitrogen and oxygen atoms in total. The third-order valence-corrected chi connectivity index (χ3v) is 12.2. The summed E-state index contributed by atoms with van der Waals surface area (Å²) in [4.78, 5) is 7.46. The lowest BCUT2D eigenvalue weighted by atomic mass is 9.99. The van der Waals surface area contributed by atoms with Crippen molar-refractivity contribution in [3.63, 3.8) is 0 Å². The molecule has 4 rings (SSSR count). The van der Waals surface area contributed by atoms with Crippen LogP contribution in [0.3, 0.4) is 0 Å². The first-order chi connectivity index (χ1) is 14.3. The Balaban J connectivity index is 1.53. The molecule has 0 aliphatic heterocycles. The highest BCUT2D eigenvalue weighted by Gasteiger charge is 2.42. The van der Waals surface area contributed by atoms with E-state index in [-0.39, 0.29) is 7.92 Å². The summed E-state index contributed by atoms with van der Waals surface area (Å²) in [7, 11) is 2.59. The fourth-order valence-electron chi connectivity index (χ4n) is 6.54. The van der Waals surface area contributed by atoms with Crippen molar-refractivity contribution in [2.24, 2.45) is 5.92 Å². The average molecular weight is 415 g/mol. The summed E-state index contributed by atoms with van der Waals surface area (Å²) in [6.45, 7) is 1.19. The maximum absolute atomic E-state index is 4.61. The first kappa shape index (κ1) is 21.8. The summed E-state index contributed by atoms with van der Waals surface area (Å²) in [5.74, 6) is 1.85. The largest absolute Gasteiger partial charge is 0.299 e. The monoisotopic (exact) mass is 414 g/mol. The van der Waals surface area contributed by atoms with Gasteiger partial charge in [-0.1, -0.05) is 65.4 Å². The zero-order chi connectivity index (χ0) is 19.9. The van der Waals surface area contributed by atoms with Crippen LogP contribution < -0.4 is 0 Å². The van der Waals surface area contributed by atoms with Crippen molar-refractivity contribution in [3.8, 4) is 0 Å². The third-order valence-electron chi connectivity index (χ3n) is 8.02. The van der Waals surface area contributed by atoms with E-state index in [1.807, 2.05) is 12.3 Å². The molecule has 1 aromatic heterocycles. The van der Waals surface area contributed by atoms with Crippen LogP contribution in [-0.4, -0.2) is 40.6 Å². The maximum atomic E-state index is 4.61. The Hall–Kier alpha value is -0.460. The highest BCUT2D eigenvalue weighted by atomic mass is 31.1. The van der Waals surface area contributed by atoms with E-state index >= 15 is 0 Å². The molecule has 162 valence electrons. The molecule has 0 bridgehead atoms. The molecule has 1 atom stereocenters. The van der Waals surface area contributed by atoms with Gasteiger partial charge >= 0.3 is 0 Å². The summed E-state index contributed by atoms with van der Waals surface area (Å²) in [6.07, 6.45) is 24.2. The molecule has 3 aliphatic carbocycles. The molecule has 0 saturated heterocycles. The molecule has 1 heterocycles. The standard InChI is InChI=1S/C26H43N2P/c1-28(21-19-23-14-10-11-20-27-23)26(22-12-8-9-13-22)29(24-15-4-2-5-16-24)25-17-6-3-7-18-25/h10-11,14,20,22,24-26H,2-9,12-13,15-19,21H2,1H3. The smallest absolute Gasteiger partial charge is 0.0416 e. The van der Waals surface area contributed by atoms with E-state index in [2.05, 4.69) is 29.1 Å². The molecule has 3 fully saturated rings. The van der Waals surface area contributed by atoms with Crippen molar-refractivity contribution in [1.82, 2.24) is 9.88 Å². The lowest BCUT2D eigenvalue weighted by Crippen LogP contribution is -2.42. The maximum Gasteiger partial charge on any atom is 0.0416 e. The summed E-state index contributed by atoms with van der Waals surface area (Å²) in [5, 5.41) is 0. The van der Waals surface area contributed by atoms with Gasteiger partial charge in [0.2, 0.25) is 0 Å². The third kappa shape index (κ3) is 5.82. The molecule has 3 heteroatoms. The van der Waals surface area contributed by atoms with Crippen molar-refractivity contribution in [2.75, 3.05) is 13.6 Å². The lowest BCUT2D eigenvalue weighted by molar-refractivity contribution is 0.241. The number of rotatable bonds is 8. The minimum absolute atomic E-state index is 0.114. The second-order valence-electron chi connectivity index (χ2n) is 10.0. The van der Waals surface area contributed by atoms with Crippen molar-refractivity contribution >= 4 is 7.92 Å². The van der Waals surface area contributed by atoms with E-state index in [4.69, 9.17) is 0 Å². The van der Waals surface area contributed by atoms with Crippen molar-refractivity contribution in [2.45, 2.75) is 113 Å². The Kier molecular flexibility index (Phi) is 8.44. The Morgan fingerprint density at radius 3 is 2.00 bits per heavy atom. The van der Waals surface area contributed by atoms with Gasteiger partial charge in [0.15, 0.2) is 0 Å². The lowest BCUT2D eigenvalue weighted by Gasteiger charge is -2.48. The number of aromatic nitrogens is 1. The Morgan fingerprint density at radius 2 is 1.45 bits per heavy atom. The Morgan fingerprint density at radius 1 is 0.862 bits per heavy atom. The number of likely N-dealkylation sites (N-methyl/N-ethyl adjacent to an activating group) is 1. The van der Waals surface area contributed by atoms with Crippen LogP contribution in [0.5, 0.6) is 0 Å². The minimum atomic E-state index is 0.114. The van der Waals surface area contributed by atoms with Crippen LogP contribution in [-0.2, 0) is 6.42 Å². The number of nitrogens with zero attached hydrogens (tertiary/aromatic N) is 2. The van der Waals surface area contributed by atoms with Crippen molar-refractivity contribution < 1.29 is 0 Å². The van der Waals surface area contributed by atoms with Gasteiger partial charge in [-0.3, -0.25) is 9.88 Å². The summed E-state index contributed by atoms with van der Waals surface area (Å²) in [5.41, 5.74) is 3.39. The predicted molar refractivity (Wildman–Crippen MR) is 127 cm³/mol. The van der Waals surface area contributed by atoms with Gasteiger partial charge < -0.3 is 0 Å². The van der Waals surface area contributed by atoms with Gasteiger partial charge in [0.25, 0.3) is 0 Å². The van der Waals surface area contributed by atoms with E-state index in [0.29, 0.717) is 0 Å². The zero-order valence-electron chi connectivity index (χ0n) is 18.8. The Bertz CT molecular complexity index is 556. The molecule has 0 amide bonds. The van der Waals surface area contributed by atoms with Crippen LogP contribution in [0, 0.1) is 5.92 Å². The predicted octanol–water partition coefficient (Wildman–Crippen LogP) is 7.22. The van der Waals surface area contributed by atoms with E-state index in [1.54, 1.807) is 25.7 Å². The van der Waals surface area contributed by atoms with Gasteiger partial charge in [-0.15, -0.1) is 0 Å². The zero-order valence-corrected chi connectivity index (χ0v) is 19.7. The van der Waals surface area contributed by atoms with E-state index < -0.39 is 0 Å². The second kappa shape index (κ2) is 11.2. The molecular formula is C26H43N2P. The van der Waals surface area contributed by atoms with Gasteiger partial charge in [-0.2, -0.15) is 0 Å². The first-order valence-corrected chi connectivity index (χ1v) is 14.3. The van der Waals surface area contributed by atoms with Crippen LogP contribution in [0.2, 0.25) is 0 Å². The van der Waals surface area contributed by atoms with Crippen LogP contribution in [0.15, 0.2) is 24.4 Å². The topological polar surface area (TPSA) is 16.1 Å². The van der Waals surface area contributed by atoms with Crippen molar-refractivity contribution in [3.05, 3.63) is 30.1 Å². The van der Waals surface area contributed by atoms with Gasteiger partial charge in [0, 0.05) is 30.6 Å². The van der Waals surface area contributed by atoms with Crippen LogP contribution in [0.4, 0.5) is 0 Å². The molecule has 0 radical (unpaired) electrons. The van der Waals surface area contributed by atoms with E-state index in [0.717, 1.165) is 29.4 Å². The van der Waals surface area contributed by atoms with Crippen molar-refractivity contribution in [1.29, 1.82) is 0 Å². The number of pyridine rings is 1. The fraction of sp³-hybridized carbons (Fsp3) is 0.808. The fourth-order valence-corrected chi connectivity index (χ4v) is 11.3. The second-order valence-corrected chi connectivity index (χ2v) is 12.9. The molecule has 3 saturated carbocycles. The van der Waals surface area contributed by atoms with E-state index in [1.165, 1.54) is 76.4 Å². The summed E-state index contributed by atoms with van der Waals surface area (Å²) in [6, 6.07) is 6.40. The minimum Gasteiger partial charge on any atom is -0.299 e. The average Bonchev–Trinajstić information content (AvgIpc) is 3.32. The van der Waals surface area contributed by atoms with Gasteiger partial charge in [0.05, 0.1) is 0 Å². The molecule has 0 spiro atoms. The first-order valence-electron chi connectivity index (χ1n) is 12.7.